The van der Waals surface area contributed by atoms with Crippen LogP contribution in [0.15, 0.2) is 12.3 Å². The molecule has 0 radical (unpaired) electrons. The van der Waals surface area contributed by atoms with Crippen LogP contribution in [0.1, 0.15) is 46.3 Å². The molecule has 4 rings (SSSR count). The zero-order valence-electron chi connectivity index (χ0n) is 18.4. The van der Waals surface area contributed by atoms with Gasteiger partial charge in [0, 0.05) is 21.0 Å². The Kier molecular flexibility index (Phi) is 5.44. The Morgan fingerprint density at radius 2 is 1.91 bits per heavy atom. The predicted molar refractivity (Wildman–Crippen MR) is 110 cm³/mol. The van der Waals surface area contributed by atoms with Gasteiger partial charge < -0.3 is 4.90 Å². The number of carbonyl (C=O) groups excluding carboxylic acids is 1. The highest BCUT2D eigenvalue weighted by Gasteiger charge is 2.50. The minimum atomic E-state index is -5.16. The second-order valence-corrected chi connectivity index (χ2v) is 9.13. The van der Waals surface area contributed by atoms with Gasteiger partial charge in [-0.1, -0.05) is 5.21 Å². The lowest BCUT2D eigenvalue weighted by atomic mass is 10.1. The molecule has 3 aromatic heterocycles. The van der Waals surface area contributed by atoms with Gasteiger partial charge in [0.15, 0.2) is 5.82 Å². The Labute approximate surface area is 198 Å². The summed E-state index contributed by atoms with van der Waals surface area (Å²) in [6, 6.07) is 5.31. The van der Waals surface area contributed by atoms with E-state index in [1.54, 1.807) is 0 Å². The fourth-order valence-electron chi connectivity index (χ4n) is 3.60. The molecule has 15 heteroatoms. The topological polar surface area (TPSA) is 116 Å². The molecule has 9 nitrogen and oxygen atoms in total. The van der Waals surface area contributed by atoms with E-state index in [0.717, 1.165) is 24.6 Å². The number of thiophene rings is 1. The SMILES string of the molecule is CN(C(=O)c1cc(-c2cn(-c3c(C(F)(F)F)c(C(C)(F)F)nn3C)nn2)sc1C#N)C1(C#N)CC1. The summed E-state index contributed by atoms with van der Waals surface area (Å²) in [6.07, 6.45) is -3.09. The maximum atomic E-state index is 13.9. The fourth-order valence-corrected chi connectivity index (χ4v) is 4.50. The highest BCUT2D eigenvalue weighted by atomic mass is 32.1. The van der Waals surface area contributed by atoms with Gasteiger partial charge in [0.05, 0.1) is 22.7 Å². The van der Waals surface area contributed by atoms with Gasteiger partial charge in [-0.2, -0.15) is 37.6 Å². The number of amides is 1. The molecule has 1 amide bonds. The van der Waals surface area contributed by atoms with Crippen molar-refractivity contribution in [1.82, 2.24) is 29.7 Å². The minimum Gasteiger partial charge on any atom is -0.323 e. The number of aromatic nitrogens is 5. The molecule has 3 heterocycles. The van der Waals surface area contributed by atoms with Crippen molar-refractivity contribution in [2.24, 2.45) is 7.05 Å². The van der Waals surface area contributed by atoms with E-state index in [-0.39, 0.29) is 21.0 Å². The molecule has 1 fully saturated rings. The summed E-state index contributed by atoms with van der Waals surface area (Å²) in [4.78, 5) is 14.4. The number of alkyl halides is 5. The minimum absolute atomic E-state index is 0.00811. The lowest BCUT2D eigenvalue weighted by molar-refractivity contribution is -0.141. The molecule has 0 N–H and O–H groups in total. The first-order valence-corrected chi connectivity index (χ1v) is 10.7. The zero-order chi connectivity index (χ0) is 25.9. The van der Waals surface area contributed by atoms with Crippen LogP contribution in [-0.2, 0) is 19.1 Å². The van der Waals surface area contributed by atoms with Crippen molar-refractivity contribution in [1.29, 1.82) is 10.5 Å². The molecular weight excluding hydrogens is 495 g/mol. The van der Waals surface area contributed by atoms with Gasteiger partial charge in [-0.15, -0.1) is 16.4 Å². The monoisotopic (exact) mass is 510 g/mol. The molecule has 0 aliphatic heterocycles. The lowest BCUT2D eigenvalue weighted by Gasteiger charge is -2.21. The lowest BCUT2D eigenvalue weighted by Crippen LogP contribution is -2.38. The van der Waals surface area contributed by atoms with Gasteiger partial charge >= 0.3 is 6.18 Å². The number of nitriles is 2. The van der Waals surface area contributed by atoms with Crippen molar-refractivity contribution in [3.8, 4) is 28.5 Å². The summed E-state index contributed by atoms with van der Waals surface area (Å²) >= 11 is 0.857. The first kappa shape index (κ1) is 24.3. The van der Waals surface area contributed by atoms with E-state index in [1.165, 1.54) is 18.0 Å². The molecule has 182 valence electrons. The van der Waals surface area contributed by atoms with Crippen LogP contribution < -0.4 is 0 Å². The molecule has 1 aliphatic carbocycles. The molecule has 0 atom stereocenters. The molecule has 0 bridgehead atoms. The van der Waals surface area contributed by atoms with Gasteiger partial charge in [0.2, 0.25) is 0 Å². The van der Waals surface area contributed by atoms with Crippen molar-refractivity contribution in [3.63, 3.8) is 0 Å². The van der Waals surface area contributed by atoms with Crippen LogP contribution in [-0.4, -0.2) is 48.2 Å². The number of nitrogens with zero attached hydrogens (tertiary/aromatic N) is 8. The summed E-state index contributed by atoms with van der Waals surface area (Å²) < 4.78 is 70.2. The van der Waals surface area contributed by atoms with E-state index in [4.69, 9.17) is 0 Å². The number of aryl methyl sites for hydroxylation is 1. The summed E-state index contributed by atoms with van der Waals surface area (Å²) in [5.41, 5.74) is -4.02. The summed E-state index contributed by atoms with van der Waals surface area (Å²) in [5, 5.41) is 29.6. The summed E-state index contributed by atoms with van der Waals surface area (Å²) in [7, 11) is 2.52. The van der Waals surface area contributed by atoms with Gasteiger partial charge in [-0.05, 0) is 18.9 Å². The molecule has 3 aromatic rings. The van der Waals surface area contributed by atoms with Crippen LogP contribution in [0.2, 0.25) is 0 Å². The molecular formula is C20H15F5N8OS. The fraction of sp³-hybridized carbons (Fsp3) is 0.400. The van der Waals surface area contributed by atoms with Crippen LogP contribution in [0.3, 0.4) is 0 Å². The Balaban J connectivity index is 1.76. The van der Waals surface area contributed by atoms with Gasteiger partial charge in [0.25, 0.3) is 11.8 Å². The van der Waals surface area contributed by atoms with Crippen LogP contribution in [0, 0.1) is 22.7 Å². The Bertz CT molecular complexity index is 1410. The number of hydrogen-bond donors (Lipinski definition) is 0. The average molecular weight is 510 g/mol. The third-order valence-electron chi connectivity index (χ3n) is 5.62. The second-order valence-electron chi connectivity index (χ2n) is 8.08. The van der Waals surface area contributed by atoms with E-state index in [1.807, 2.05) is 6.07 Å². The van der Waals surface area contributed by atoms with Crippen LogP contribution in [0.5, 0.6) is 0 Å². The quantitative estimate of drug-likeness (QED) is 0.482. The molecule has 0 unspecified atom stereocenters. The highest BCUT2D eigenvalue weighted by molar-refractivity contribution is 7.16. The van der Waals surface area contributed by atoms with Crippen LogP contribution in [0.4, 0.5) is 22.0 Å². The molecule has 0 saturated heterocycles. The van der Waals surface area contributed by atoms with Crippen molar-refractivity contribution in [2.75, 3.05) is 7.05 Å². The third kappa shape index (κ3) is 4.01. The van der Waals surface area contributed by atoms with Gasteiger partial charge in [0.1, 0.15) is 33.4 Å². The van der Waals surface area contributed by atoms with E-state index in [9.17, 15) is 37.3 Å². The highest BCUT2D eigenvalue weighted by Crippen LogP contribution is 2.43. The van der Waals surface area contributed by atoms with Crippen molar-refractivity contribution in [2.45, 2.75) is 37.4 Å². The van der Waals surface area contributed by atoms with E-state index < -0.39 is 40.6 Å². The van der Waals surface area contributed by atoms with E-state index >= 15 is 0 Å². The van der Waals surface area contributed by atoms with Crippen LogP contribution in [0.25, 0.3) is 16.4 Å². The molecule has 0 spiro atoms. The first-order valence-electron chi connectivity index (χ1n) is 9.92. The van der Waals surface area contributed by atoms with Crippen molar-refractivity contribution < 1.29 is 26.7 Å². The summed E-state index contributed by atoms with van der Waals surface area (Å²) in [5.74, 6) is -5.20. The largest absolute Gasteiger partial charge is 0.422 e. The zero-order valence-corrected chi connectivity index (χ0v) is 19.2. The second kappa shape index (κ2) is 7.84. The molecule has 1 aliphatic rings. The Morgan fingerprint density at radius 3 is 2.43 bits per heavy atom. The van der Waals surface area contributed by atoms with Crippen molar-refractivity contribution in [3.05, 3.63) is 34.0 Å². The third-order valence-corrected chi connectivity index (χ3v) is 6.68. The number of halogens is 5. The average Bonchev–Trinajstić information content (AvgIpc) is 3.11. The normalized spacial score (nSPS) is 14.9. The number of hydrogen-bond acceptors (Lipinski definition) is 7. The number of rotatable bonds is 5. The van der Waals surface area contributed by atoms with Gasteiger partial charge in [-0.25, -0.2) is 9.36 Å². The van der Waals surface area contributed by atoms with Crippen LogP contribution >= 0.6 is 11.3 Å². The van der Waals surface area contributed by atoms with E-state index in [0.29, 0.717) is 29.1 Å². The molecule has 1 saturated carbocycles. The first-order chi connectivity index (χ1) is 16.2. The Hall–Kier alpha value is -3.85. The number of carbonyl (C=O) groups is 1. The van der Waals surface area contributed by atoms with Gasteiger partial charge in [-0.3, -0.25) is 4.79 Å². The molecule has 35 heavy (non-hydrogen) atoms. The molecule has 0 aromatic carbocycles. The maximum absolute atomic E-state index is 13.9. The van der Waals surface area contributed by atoms with E-state index in [2.05, 4.69) is 21.5 Å². The predicted octanol–water partition coefficient (Wildman–Crippen LogP) is 3.86. The Morgan fingerprint density at radius 1 is 1.26 bits per heavy atom. The summed E-state index contributed by atoms with van der Waals surface area (Å²) in [6.45, 7) is 0.309. The van der Waals surface area contributed by atoms with Crippen molar-refractivity contribution >= 4 is 17.2 Å². The maximum Gasteiger partial charge on any atom is 0.422 e. The smallest absolute Gasteiger partial charge is 0.323 e. The standard InChI is InChI=1S/C20H15F5N8OS/c1-18(21,22)15-14(20(23,24)25)16(32(3)29-15)33-8-11(28-30-33)12-6-10(13(7-26)35-12)17(34)31(2)19(9-27)4-5-19/h6,8H,4-5H2,1-3H3.